The maximum Gasteiger partial charge on any atom is 0.372 e. The van der Waals surface area contributed by atoms with Gasteiger partial charge in [-0.15, -0.1) is 0 Å². The first-order chi connectivity index (χ1) is 15.0. The van der Waals surface area contributed by atoms with Crippen molar-refractivity contribution in [1.82, 2.24) is 5.32 Å². The fourth-order valence-electron chi connectivity index (χ4n) is 2.92. The van der Waals surface area contributed by atoms with Crippen molar-refractivity contribution in [2.75, 3.05) is 13.7 Å². The van der Waals surface area contributed by atoms with E-state index in [4.69, 9.17) is 24.5 Å². The van der Waals surface area contributed by atoms with Gasteiger partial charge in [0, 0.05) is 32.6 Å². The summed E-state index contributed by atoms with van der Waals surface area (Å²) in [5.41, 5.74) is 8.94. The maximum atomic E-state index is 12.1. The van der Waals surface area contributed by atoms with E-state index in [1.807, 2.05) is 0 Å². The number of carbonyl (C=O) groups is 5. The summed E-state index contributed by atoms with van der Waals surface area (Å²) in [6.07, 6.45) is -3.19. The van der Waals surface area contributed by atoms with E-state index >= 15 is 0 Å². The van der Waals surface area contributed by atoms with Gasteiger partial charge in [0.2, 0.25) is 11.7 Å². The highest BCUT2D eigenvalue weighted by Crippen LogP contribution is 2.28. The van der Waals surface area contributed by atoms with Gasteiger partial charge in [-0.1, -0.05) is 5.11 Å². The summed E-state index contributed by atoms with van der Waals surface area (Å²) in [5.74, 6) is -4.27. The fourth-order valence-corrected chi connectivity index (χ4v) is 2.92. The van der Waals surface area contributed by atoms with Gasteiger partial charge in [0.05, 0.1) is 19.2 Å². The van der Waals surface area contributed by atoms with Gasteiger partial charge < -0.3 is 29.0 Å². The minimum Gasteiger partial charge on any atom is -0.477 e. The molecular weight excluding hydrogens is 432 g/mol. The normalized spacial score (nSPS) is 21.3. The van der Waals surface area contributed by atoms with Gasteiger partial charge in [-0.3, -0.25) is 19.2 Å². The fraction of sp³-hybridized carbons (Fsp3) is 0.611. The van der Waals surface area contributed by atoms with Crippen molar-refractivity contribution in [2.45, 2.75) is 58.1 Å². The van der Waals surface area contributed by atoms with Gasteiger partial charge in [0.15, 0.2) is 18.3 Å². The van der Waals surface area contributed by atoms with Gasteiger partial charge >= 0.3 is 23.9 Å². The van der Waals surface area contributed by atoms with E-state index in [-0.39, 0.29) is 0 Å². The largest absolute Gasteiger partial charge is 0.477 e. The minimum absolute atomic E-state index is 0.400. The van der Waals surface area contributed by atoms with E-state index in [1.54, 1.807) is 0 Å². The highest BCUT2D eigenvalue weighted by Gasteiger charge is 2.47. The second kappa shape index (κ2) is 12.2. The lowest BCUT2D eigenvalue weighted by Crippen LogP contribution is -2.61. The number of methoxy groups -OCH3 is 1. The first kappa shape index (κ1) is 26.2. The van der Waals surface area contributed by atoms with Crippen LogP contribution in [0.15, 0.2) is 16.9 Å². The molecule has 32 heavy (non-hydrogen) atoms. The van der Waals surface area contributed by atoms with E-state index in [0.717, 1.165) is 34.0 Å². The Bertz CT molecular complexity index is 836. The Hall–Kier alpha value is -3.80. The van der Waals surface area contributed by atoms with Crippen LogP contribution in [0.5, 0.6) is 0 Å². The maximum absolute atomic E-state index is 12.1. The SMILES string of the molecule is COC(=O)C1=CC(N=[N+]=[N-])C(NC(C)=O)C(C(OC(C)=O)C(COC(C)=O)OC(C)=O)O1. The highest BCUT2D eigenvalue weighted by atomic mass is 16.6. The molecule has 5 atom stereocenters. The molecule has 1 aliphatic heterocycles. The summed E-state index contributed by atoms with van der Waals surface area (Å²) in [6, 6.07) is -2.35. The van der Waals surface area contributed by atoms with E-state index in [2.05, 4.69) is 20.1 Å². The molecule has 0 radical (unpaired) electrons. The Balaban J connectivity index is 3.57. The van der Waals surface area contributed by atoms with E-state index in [0.29, 0.717) is 0 Å². The second-order valence-corrected chi connectivity index (χ2v) is 6.55. The molecule has 0 saturated carbocycles. The molecule has 0 aliphatic carbocycles. The van der Waals surface area contributed by atoms with Crippen molar-refractivity contribution in [1.29, 1.82) is 0 Å². The van der Waals surface area contributed by atoms with Crippen LogP contribution in [0.4, 0.5) is 0 Å². The predicted molar refractivity (Wildman–Crippen MR) is 103 cm³/mol. The van der Waals surface area contributed by atoms with Crippen LogP contribution in [0.3, 0.4) is 0 Å². The summed E-state index contributed by atoms with van der Waals surface area (Å²) in [5, 5.41) is 6.07. The lowest BCUT2D eigenvalue weighted by molar-refractivity contribution is -0.187. The molecule has 176 valence electrons. The molecule has 0 fully saturated rings. The minimum atomic E-state index is -1.50. The summed E-state index contributed by atoms with van der Waals surface area (Å²) in [6.45, 7) is 3.87. The molecule has 0 bridgehead atoms. The number of carbonyl (C=O) groups excluding carboxylic acids is 5. The van der Waals surface area contributed by atoms with Crippen LogP contribution >= 0.6 is 0 Å². The third-order valence-electron chi connectivity index (χ3n) is 4.01. The zero-order valence-electron chi connectivity index (χ0n) is 18.1. The average molecular weight is 456 g/mol. The third kappa shape index (κ3) is 7.80. The Kier molecular flexibility index (Phi) is 9.96. The zero-order chi connectivity index (χ0) is 24.4. The van der Waals surface area contributed by atoms with Crippen molar-refractivity contribution < 1.29 is 47.7 Å². The standard InChI is InChI=1S/C18H24N4O10/c1-8(23)20-15-12(21-22-19)6-13(18(27)28-5)32-17(15)16(31-11(4)26)14(30-10(3)25)7-29-9(2)24/h6,12,14-17H,7H2,1-5H3,(H,20,23). The monoisotopic (exact) mass is 456 g/mol. The van der Waals surface area contributed by atoms with Crippen LogP contribution in [0.1, 0.15) is 27.7 Å². The second-order valence-electron chi connectivity index (χ2n) is 6.55. The Morgan fingerprint density at radius 2 is 1.75 bits per heavy atom. The average Bonchev–Trinajstić information content (AvgIpc) is 2.69. The summed E-state index contributed by atoms with van der Waals surface area (Å²) >= 11 is 0. The highest BCUT2D eigenvalue weighted by molar-refractivity contribution is 5.86. The van der Waals surface area contributed by atoms with E-state index in [9.17, 15) is 24.0 Å². The Labute approximate surface area is 182 Å². The molecule has 0 aromatic heterocycles. The van der Waals surface area contributed by atoms with Gasteiger partial charge in [-0.2, -0.15) is 0 Å². The molecule has 14 nitrogen and oxygen atoms in total. The van der Waals surface area contributed by atoms with Crippen LogP contribution in [-0.4, -0.2) is 73.9 Å². The number of esters is 4. The summed E-state index contributed by atoms with van der Waals surface area (Å²) < 4.78 is 25.6. The molecule has 1 aliphatic rings. The number of azide groups is 1. The quantitative estimate of drug-likeness (QED) is 0.163. The van der Waals surface area contributed by atoms with E-state index < -0.39 is 72.5 Å². The predicted octanol–water partition coefficient (Wildman–Crippen LogP) is 0.0522. The van der Waals surface area contributed by atoms with Gasteiger partial charge in [-0.25, -0.2) is 4.79 Å². The van der Waals surface area contributed by atoms with Crippen molar-refractivity contribution in [3.63, 3.8) is 0 Å². The van der Waals surface area contributed by atoms with Crippen LogP contribution in [-0.2, 0) is 47.7 Å². The molecule has 1 rings (SSSR count). The van der Waals surface area contributed by atoms with Gasteiger partial charge in [-0.05, 0) is 11.6 Å². The molecule has 0 aromatic rings. The lowest BCUT2D eigenvalue weighted by atomic mass is 9.92. The number of rotatable bonds is 9. The van der Waals surface area contributed by atoms with Gasteiger partial charge in [0.25, 0.3) is 0 Å². The summed E-state index contributed by atoms with van der Waals surface area (Å²) in [4.78, 5) is 61.4. The Morgan fingerprint density at radius 3 is 2.22 bits per heavy atom. The summed E-state index contributed by atoms with van der Waals surface area (Å²) in [7, 11) is 1.08. The smallest absolute Gasteiger partial charge is 0.372 e. The molecule has 1 amide bonds. The van der Waals surface area contributed by atoms with Crippen LogP contribution in [0.2, 0.25) is 0 Å². The van der Waals surface area contributed by atoms with Gasteiger partial charge in [0.1, 0.15) is 6.61 Å². The van der Waals surface area contributed by atoms with Crippen molar-refractivity contribution in [3.05, 3.63) is 22.3 Å². The zero-order valence-corrected chi connectivity index (χ0v) is 18.1. The first-order valence-corrected chi connectivity index (χ1v) is 9.26. The van der Waals surface area contributed by atoms with Crippen LogP contribution < -0.4 is 5.32 Å². The van der Waals surface area contributed by atoms with Crippen molar-refractivity contribution in [2.24, 2.45) is 5.11 Å². The Morgan fingerprint density at radius 1 is 1.12 bits per heavy atom. The molecule has 14 heteroatoms. The number of ether oxygens (including phenoxy) is 5. The van der Waals surface area contributed by atoms with Crippen LogP contribution in [0.25, 0.3) is 10.4 Å². The molecular formula is C18H24N4O10. The third-order valence-corrected chi connectivity index (χ3v) is 4.01. The number of hydrogen-bond acceptors (Lipinski definition) is 11. The van der Waals surface area contributed by atoms with Crippen molar-refractivity contribution in [3.8, 4) is 0 Å². The van der Waals surface area contributed by atoms with E-state index in [1.165, 1.54) is 6.92 Å². The molecule has 0 spiro atoms. The molecule has 0 saturated heterocycles. The van der Waals surface area contributed by atoms with Crippen molar-refractivity contribution >= 4 is 29.8 Å². The molecule has 1 N–H and O–H groups in total. The number of nitrogens with zero attached hydrogens (tertiary/aromatic N) is 3. The molecule has 0 aromatic carbocycles. The topological polar surface area (TPSA) is 192 Å². The molecule has 1 heterocycles. The number of nitrogens with one attached hydrogen (secondary N) is 1. The number of hydrogen-bond donors (Lipinski definition) is 1. The number of amides is 1. The van der Waals surface area contributed by atoms with Crippen LogP contribution in [0, 0.1) is 0 Å². The first-order valence-electron chi connectivity index (χ1n) is 9.26. The molecule has 5 unspecified atom stereocenters. The lowest BCUT2D eigenvalue weighted by Gasteiger charge is -2.40.